The maximum Gasteiger partial charge on any atom is 0.337 e. The molecule has 4 N–H and O–H groups in total. The Bertz CT molecular complexity index is 770. The van der Waals surface area contributed by atoms with E-state index in [1.54, 1.807) is 12.1 Å². The van der Waals surface area contributed by atoms with Crippen molar-refractivity contribution in [3.05, 3.63) is 51.5 Å². The van der Waals surface area contributed by atoms with Gasteiger partial charge in [-0.05, 0) is 30.3 Å². The van der Waals surface area contributed by atoms with E-state index in [9.17, 15) is 9.90 Å². The zero-order valence-corrected chi connectivity index (χ0v) is 12.0. The van der Waals surface area contributed by atoms with Gasteiger partial charge in [0.05, 0.1) is 38.6 Å². The van der Waals surface area contributed by atoms with Crippen molar-refractivity contribution in [2.45, 2.75) is 0 Å². The maximum atomic E-state index is 11.3. The number of carboxylic acid groups (broad SMARTS) is 1. The molecule has 0 heterocycles. The largest absolute Gasteiger partial charge is 0.478 e. The Hall–Kier alpha value is -2.42. The normalized spacial score (nSPS) is 9.95. The molecule has 0 radical (unpaired) electrons. The zero-order valence-electron chi connectivity index (χ0n) is 10.5. The second kappa shape index (κ2) is 5.92. The van der Waals surface area contributed by atoms with Crippen LogP contribution in [0.25, 0.3) is 0 Å². The van der Waals surface area contributed by atoms with Crippen molar-refractivity contribution in [2.24, 2.45) is 0 Å². The second-order valence-corrected chi connectivity index (χ2v) is 4.98. The van der Waals surface area contributed by atoms with Gasteiger partial charge in [-0.25, -0.2) is 4.79 Å². The molecule has 0 saturated heterocycles. The van der Waals surface area contributed by atoms with E-state index in [0.29, 0.717) is 11.3 Å². The average molecular weight is 322 g/mol. The summed E-state index contributed by atoms with van der Waals surface area (Å²) >= 11 is 12.1. The number of rotatable bonds is 3. The van der Waals surface area contributed by atoms with E-state index in [1.165, 1.54) is 18.2 Å². The van der Waals surface area contributed by atoms with Crippen LogP contribution in [0.2, 0.25) is 10.0 Å². The van der Waals surface area contributed by atoms with Gasteiger partial charge in [0.25, 0.3) is 0 Å². The fourth-order valence-corrected chi connectivity index (χ4v) is 2.25. The number of carboxylic acids is 1. The van der Waals surface area contributed by atoms with Crippen LogP contribution < -0.4 is 11.1 Å². The molecule has 0 spiro atoms. The molecular weight excluding hydrogens is 313 g/mol. The molecule has 0 unspecified atom stereocenters. The van der Waals surface area contributed by atoms with Gasteiger partial charge in [0.15, 0.2) is 0 Å². The summed E-state index contributed by atoms with van der Waals surface area (Å²) in [6.45, 7) is 0. The van der Waals surface area contributed by atoms with Gasteiger partial charge in [0, 0.05) is 5.69 Å². The monoisotopic (exact) mass is 321 g/mol. The SMILES string of the molecule is N#Cc1ccc(Nc2c(Cl)cc(N)cc2C(=O)O)c(Cl)c1. The van der Waals surface area contributed by atoms with Crippen molar-refractivity contribution < 1.29 is 9.90 Å². The number of hydrogen-bond acceptors (Lipinski definition) is 4. The number of hydrogen-bond donors (Lipinski definition) is 3. The summed E-state index contributed by atoms with van der Waals surface area (Å²) < 4.78 is 0. The van der Waals surface area contributed by atoms with Crippen LogP contribution in [-0.2, 0) is 0 Å². The topological polar surface area (TPSA) is 99.1 Å². The first-order valence-electron chi connectivity index (χ1n) is 5.71. The Morgan fingerprint density at radius 1 is 1.24 bits per heavy atom. The Kier molecular flexibility index (Phi) is 4.22. The number of nitrogens with zero attached hydrogens (tertiary/aromatic N) is 1. The molecule has 0 saturated carbocycles. The summed E-state index contributed by atoms with van der Waals surface area (Å²) in [4.78, 5) is 11.3. The molecule has 0 aliphatic heterocycles. The summed E-state index contributed by atoms with van der Waals surface area (Å²) in [7, 11) is 0. The van der Waals surface area contributed by atoms with E-state index >= 15 is 0 Å². The van der Waals surface area contributed by atoms with Crippen LogP contribution in [0, 0.1) is 11.3 Å². The molecule has 0 aliphatic carbocycles. The van der Waals surface area contributed by atoms with Crippen molar-refractivity contribution in [3.63, 3.8) is 0 Å². The van der Waals surface area contributed by atoms with E-state index in [-0.39, 0.29) is 27.0 Å². The predicted octanol–water partition coefficient (Wildman–Crippen LogP) is 3.89. The average Bonchev–Trinajstić information content (AvgIpc) is 2.42. The van der Waals surface area contributed by atoms with Crippen LogP contribution in [-0.4, -0.2) is 11.1 Å². The number of aromatic carboxylic acids is 1. The summed E-state index contributed by atoms with van der Waals surface area (Å²) in [5.41, 5.74) is 6.78. The minimum atomic E-state index is -1.17. The molecule has 0 aromatic heterocycles. The highest BCUT2D eigenvalue weighted by Gasteiger charge is 2.16. The highest BCUT2D eigenvalue weighted by Crippen LogP contribution is 2.34. The Labute approximate surface area is 130 Å². The molecule has 2 aromatic rings. The second-order valence-electron chi connectivity index (χ2n) is 4.16. The lowest BCUT2D eigenvalue weighted by Crippen LogP contribution is -2.05. The zero-order chi connectivity index (χ0) is 15.6. The number of halogens is 2. The van der Waals surface area contributed by atoms with Gasteiger partial charge in [-0.3, -0.25) is 0 Å². The summed E-state index contributed by atoms with van der Waals surface area (Å²) in [5, 5.41) is 21.3. The number of nitrogens with two attached hydrogens (primary N) is 1. The molecular formula is C14H9Cl2N3O2. The van der Waals surface area contributed by atoms with Gasteiger partial charge in [0.1, 0.15) is 0 Å². The van der Waals surface area contributed by atoms with Crippen LogP contribution in [0.5, 0.6) is 0 Å². The molecule has 21 heavy (non-hydrogen) atoms. The van der Waals surface area contributed by atoms with Gasteiger partial charge < -0.3 is 16.2 Å². The van der Waals surface area contributed by atoms with Gasteiger partial charge in [0.2, 0.25) is 0 Å². The standard InChI is InChI=1S/C14H9Cl2N3O2/c15-10-3-7(6-17)1-2-12(10)19-13-9(14(20)21)4-8(18)5-11(13)16/h1-5,19H,18H2,(H,20,21). The van der Waals surface area contributed by atoms with Gasteiger partial charge in [-0.2, -0.15) is 5.26 Å². The lowest BCUT2D eigenvalue weighted by molar-refractivity contribution is 0.0698. The smallest absolute Gasteiger partial charge is 0.337 e. The number of nitriles is 1. The van der Waals surface area contributed by atoms with Gasteiger partial charge in [-0.1, -0.05) is 23.2 Å². The Morgan fingerprint density at radius 2 is 1.95 bits per heavy atom. The molecule has 0 aliphatic rings. The lowest BCUT2D eigenvalue weighted by Gasteiger charge is -2.13. The van der Waals surface area contributed by atoms with Crippen LogP contribution >= 0.6 is 23.2 Å². The number of nitrogens with one attached hydrogen (secondary N) is 1. The van der Waals surface area contributed by atoms with Crippen molar-refractivity contribution >= 4 is 46.2 Å². The minimum Gasteiger partial charge on any atom is -0.478 e. The van der Waals surface area contributed by atoms with Gasteiger partial charge in [-0.15, -0.1) is 0 Å². The van der Waals surface area contributed by atoms with E-state index in [2.05, 4.69) is 5.32 Å². The molecule has 5 nitrogen and oxygen atoms in total. The fourth-order valence-electron chi connectivity index (χ4n) is 1.74. The maximum absolute atomic E-state index is 11.3. The molecule has 0 bridgehead atoms. The molecule has 2 aromatic carbocycles. The van der Waals surface area contributed by atoms with Crippen LogP contribution in [0.3, 0.4) is 0 Å². The first-order valence-corrected chi connectivity index (χ1v) is 6.47. The van der Waals surface area contributed by atoms with Crippen LogP contribution in [0.1, 0.15) is 15.9 Å². The molecule has 2 rings (SSSR count). The Morgan fingerprint density at radius 3 is 2.52 bits per heavy atom. The quantitative estimate of drug-likeness (QED) is 0.745. The van der Waals surface area contributed by atoms with Crippen LogP contribution in [0.4, 0.5) is 17.1 Å². The van der Waals surface area contributed by atoms with Crippen molar-refractivity contribution in [1.29, 1.82) is 5.26 Å². The highest BCUT2D eigenvalue weighted by atomic mass is 35.5. The molecule has 0 fully saturated rings. The highest BCUT2D eigenvalue weighted by molar-refractivity contribution is 6.35. The third kappa shape index (κ3) is 3.19. The van der Waals surface area contributed by atoms with E-state index < -0.39 is 5.97 Å². The van der Waals surface area contributed by atoms with Crippen molar-refractivity contribution in [3.8, 4) is 6.07 Å². The molecule has 106 valence electrons. The van der Waals surface area contributed by atoms with Crippen LogP contribution in [0.15, 0.2) is 30.3 Å². The fraction of sp³-hybridized carbons (Fsp3) is 0. The molecule has 0 amide bonds. The first-order chi connectivity index (χ1) is 9.92. The van der Waals surface area contributed by atoms with Gasteiger partial charge >= 0.3 is 5.97 Å². The minimum absolute atomic E-state index is 0.0690. The predicted molar refractivity (Wildman–Crippen MR) is 82.3 cm³/mol. The van der Waals surface area contributed by atoms with E-state index in [0.717, 1.165) is 0 Å². The third-order valence-electron chi connectivity index (χ3n) is 2.70. The van der Waals surface area contributed by atoms with E-state index in [1.807, 2.05) is 6.07 Å². The number of carbonyl (C=O) groups is 1. The number of nitrogen functional groups attached to an aromatic ring is 1. The van der Waals surface area contributed by atoms with Crippen molar-refractivity contribution in [1.82, 2.24) is 0 Å². The first kappa shape index (κ1) is 15.0. The summed E-state index contributed by atoms with van der Waals surface area (Å²) in [6, 6.07) is 9.29. The third-order valence-corrected chi connectivity index (χ3v) is 3.31. The van der Waals surface area contributed by atoms with Crippen molar-refractivity contribution in [2.75, 3.05) is 11.1 Å². The molecule has 7 heteroatoms. The molecule has 0 atom stereocenters. The summed E-state index contributed by atoms with van der Waals surface area (Å²) in [5.74, 6) is -1.17. The van der Waals surface area contributed by atoms with E-state index in [4.69, 9.17) is 34.2 Å². The number of benzene rings is 2. The Balaban J connectivity index is 2.49. The number of anilines is 3. The lowest BCUT2D eigenvalue weighted by atomic mass is 10.1. The summed E-state index contributed by atoms with van der Waals surface area (Å²) in [6.07, 6.45) is 0.